The van der Waals surface area contributed by atoms with Gasteiger partial charge in [-0.2, -0.15) is 0 Å². The van der Waals surface area contributed by atoms with Crippen molar-refractivity contribution in [1.82, 2.24) is 0 Å². The lowest BCUT2D eigenvalue weighted by Gasteiger charge is -2.00. The number of fused-ring (bicyclic) bond motifs is 1. The average molecular weight is 176 g/mol. The van der Waals surface area contributed by atoms with Crippen molar-refractivity contribution < 1.29 is 10.2 Å². The molecule has 1 aliphatic rings. The first kappa shape index (κ1) is 8.48. The first-order valence-corrected chi connectivity index (χ1v) is 4.36. The number of rotatable bonds is 2. The molecule has 0 fully saturated rings. The van der Waals surface area contributed by atoms with Crippen molar-refractivity contribution >= 4 is 6.08 Å². The molecule has 0 radical (unpaired) electrons. The predicted molar refractivity (Wildman–Crippen MR) is 51.1 cm³/mol. The van der Waals surface area contributed by atoms with E-state index in [1.54, 1.807) is 0 Å². The fraction of sp³-hybridized carbons (Fsp3) is 0.273. The van der Waals surface area contributed by atoms with E-state index in [1.807, 2.05) is 24.3 Å². The Kier molecular flexibility index (Phi) is 2.17. The molecule has 1 aromatic rings. The summed E-state index contributed by atoms with van der Waals surface area (Å²) in [6.07, 6.45) is 2.84. The highest BCUT2D eigenvalue weighted by molar-refractivity contribution is 5.64. The van der Waals surface area contributed by atoms with Gasteiger partial charge in [-0.15, -0.1) is 0 Å². The second-order valence-corrected chi connectivity index (χ2v) is 3.33. The number of benzene rings is 1. The third-order valence-corrected chi connectivity index (χ3v) is 2.37. The molecule has 68 valence electrons. The molecule has 0 bridgehead atoms. The Bertz CT molecular complexity index is 353. The predicted octanol–water partition coefficient (Wildman–Crippen LogP) is 1.11. The fourth-order valence-electron chi connectivity index (χ4n) is 1.66. The van der Waals surface area contributed by atoms with E-state index in [2.05, 4.69) is 0 Å². The standard InChI is InChI=1S/C11H12O2/c12-6-8-1-2-10-4-9(7-13)5-11(10)3-8/h1-3,5,12-13H,4,6-7H2. The molecule has 2 N–H and O–H groups in total. The molecule has 0 saturated carbocycles. The largest absolute Gasteiger partial charge is 0.392 e. The third kappa shape index (κ3) is 1.50. The smallest absolute Gasteiger partial charge is 0.0682 e. The van der Waals surface area contributed by atoms with Crippen molar-refractivity contribution in [2.45, 2.75) is 13.0 Å². The van der Waals surface area contributed by atoms with Crippen molar-refractivity contribution in [2.24, 2.45) is 0 Å². The Hall–Kier alpha value is -1.12. The van der Waals surface area contributed by atoms with E-state index >= 15 is 0 Å². The average Bonchev–Trinajstić information content (AvgIpc) is 2.58. The van der Waals surface area contributed by atoms with Crippen LogP contribution in [0.1, 0.15) is 16.7 Å². The Morgan fingerprint density at radius 1 is 1.15 bits per heavy atom. The third-order valence-electron chi connectivity index (χ3n) is 2.37. The molecule has 0 atom stereocenters. The van der Waals surface area contributed by atoms with Gasteiger partial charge in [-0.1, -0.05) is 18.2 Å². The molecule has 0 aromatic heterocycles. The zero-order chi connectivity index (χ0) is 9.26. The number of hydrogen-bond acceptors (Lipinski definition) is 2. The molecule has 2 nitrogen and oxygen atoms in total. The second-order valence-electron chi connectivity index (χ2n) is 3.33. The number of aliphatic hydroxyl groups excluding tert-OH is 2. The summed E-state index contributed by atoms with van der Waals surface area (Å²) in [5, 5.41) is 17.9. The molecule has 0 saturated heterocycles. The minimum atomic E-state index is 0.0789. The molecule has 1 aromatic carbocycles. The number of aliphatic hydroxyl groups is 2. The van der Waals surface area contributed by atoms with Crippen LogP contribution in [0.4, 0.5) is 0 Å². The first-order valence-electron chi connectivity index (χ1n) is 4.36. The molecular weight excluding hydrogens is 164 g/mol. The van der Waals surface area contributed by atoms with Gasteiger partial charge in [0.05, 0.1) is 13.2 Å². The molecule has 0 aliphatic heterocycles. The van der Waals surface area contributed by atoms with Crippen LogP contribution in [0.5, 0.6) is 0 Å². The van der Waals surface area contributed by atoms with Gasteiger partial charge in [0.1, 0.15) is 0 Å². The van der Waals surface area contributed by atoms with Gasteiger partial charge in [0, 0.05) is 0 Å². The van der Waals surface area contributed by atoms with Crippen LogP contribution in [0.25, 0.3) is 6.08 Å². The first-order chi connectivity index (χ1) is 6.33. The van der Waals surface area contributed by atoms with Gasteiger partial charge < -0.3 is 10.2 Å². The fourth-order valence-corrected chi connectivity index (χ4v) is 1.66. The van der Waals surface area contributed by atoms with Gasteiger partial charge in [0.2, 0.25) is 0 Å². The van der Waals surface area contributed by atoms with Crippen molar-refractivity contribution in [1.29, 1.82) is 0 Å². The summed E-state index contributed by atoms with van der Waals surface area (Å²) >= 11 is 0. The maximum atomic E-state index is 8.95. The molecule has 2 rings (SSSR count). The van der Waals surface area contributed by atoms with Gasteiger partial charge in [-0.25, -0.2) is 0 Å². The van der Waals surface area contributed by atoms with Crippen LogP contribution in [0.2, 0.25) is 0 Å². The van der Waals surface area contributed by atoms with Crippen molar-refractivity contribution in [3.63, 3.8) is 0 Å². The SMILES string of the molecule is OCC1=Cc2cc(CO)ccc2C1. The lowest BCUT2D eigenvalue weighted by molar-refractivity contribution is 0.282. The van der Waals surface area contributed by atoms with Gasteiger partial charge >= 0.3 is 0 Å². The minimum Gasteiger partial charge on any atom is -0.392 e. The second kappa shape index (κ2) is 3.32. The maximum absolute atomic E-state index is 8.95. The normalized spacial score (nSPS) is 14.2. The summed E-state index contributed by atoms with van der Waals surface area (Å²) in [6, 6.07) is 5.91. The Morgan fingerprint density at radius 2 is 2.00 bits per heavy atom. The lowest BCUT2D eigenvalue weighted by atomic mass is 10.1. The van der Waals surface area contributed by atoms with E-state index in [-0.39, 0.29) is 13.2 Å². The van der Waals surface area contributed by atoms with Gasteiger partial charge in [0.25, 0.3) is 0 Å². The topological polar surface area (TPSA) is 40.5 Å². The molecule has 0 heterocycles. The summed E-state index contributed by atoms with van der Waals surface area (Å²) < 4.78 is 0. The Balaban J connectivity index is 2.36. The summed E-state index contributed by atoms with van der Waals surface area (Å²) in [6.45, 7) is 0.207. The highest BCUT2D eigenvalue weighted by atomic mass is 16.3. The zero-order valence-corrected chi connectivity index (χ0v) is 7.33. The van der Waals surface area contributed by atoms with Gasteiger partial charge in [-0.05, 0) is 34.8 Å². The molecule has 13 heavy (non-hydrogen) atoms. The molecule has 0 amide bonds. The summed E-state index contributed by atoms with van der Waals surface area (Å²) in [7, 11) is 0. The summed E-state index contributed by atoms with van der Waals surface area (Å²) in [5.74, 6) is 0. The van der Waals surface area contributed by atoms with Crippen LogP contribution in [-0.2, 0) is 13.0 Å². The lowest BCUT2D eigenvalue weighted by Crippen LogP contribution is -1.90. The van der Waals surface area contributed by atoms with E-state index in [1.165, 1.54) is 5.56 Å². The van der Waals surface area contributed by atoms with Crippen molar-refractivity contribution in [3.05, 3.63) is 40.5 Å². The highest BCUT2D eigenvalue weighted by Crippen LogP contribution is 2.25. The highest BCUT2D eigenvalue weighted by Gasteiger charge is 2.11. The zero-order valence-electron chi connectivity index (χ0n) is 7.33. The number of hydrogen-bond donors (Lipinski definition) is 2. The molecule has 0 unspecified atom stereocenters. The van der Waals surface area contributed by atoms with Gasteiger partial charge in [0.15, 0.2) is 0 Å². The van der Waals surface area contributed by atoms with E-state index in [0.29, 0.717) is 0 Å². The van der Waals surface area contributed by atoms with E-state index in [9.17, 15) is 0 Å². The van der Waals surface area contributed by atoms with Crippen LogP contribution in [0.15, 0.2) is 23.8 Å². The minimum absolute atomic E-state index is 0.0789. The van der Waals surface area contributed by atoms with Crippen molar-refractivity contribution in [3.8, 4) is 0 Å². The molecule has 1 aliphatic carbocycles. The quantitative estimate of drug-likeness (QED) is 0.708. The van der Waals surface area contributed by atoms with E-state index in [4.69, 9.17) is 10.2 Å². The molecule has 2 heteroatoms. The van der Waals surface area contributed by atoms with Crippen LogP contribution in [0, 0.1) is 0 Å². The maximum Gasteiger partial charge on any atom is 0.0682 e. The van der Waals surface area contributed by atoms with E-state index < -0.39 is 0 Å². The molecular formula is C11H12O2. The van der Waals surface area contributed by atoms with Crippen LogP contribution in [0.3, 0.4) is 0 Å². The summed E-state index contributed by atoms with van der Waals surface area (Å²) in [4.78, 5) is 0. The van der Waals surface area contributed by atoms with Crippen LogP contribution < -0.4 is 0 Å². The summed E-state index contributed by atoms with van der Waals surface area (Å²) in [5.41, 5.74) is 4.34. The van der Waals surface area contributed by atoms with Crippen LogP contribution in [-0.4, -0.2) is 16.8 Å². The van der Waals surface area contributed by atoms with E-state index in [0.717, 1.165) is 23.1 Å². The van der Waals surface area contributed by atoms with Crippen LogP contribution >= 0.6 is 0 Å². The van der Waals surface area contributed by atoms with Crippen molar-refractivity contribution in [2.75, 3.05) is 6.61 Å². The Labute approximate surface area is 77.1 Å². The molecule has 0 spiro atoms. The Morgan fingerprint density at radius 3 is 2.69 bits per heavy atom. The van der Waals surface area contributed by atoms with Gasteiger partial charge in [-0.3, -0.25) is 0 Å². The monoisotopic (exact) mass is 176 g/mol.